The summed E-state index contributed by atoms with van der Waals surface area (Å²) < 4.78 is 5.33. The number of piperidine rings is 1. The first-order valence-electron chi connectivity index (χ1n) is 8.24. The van der Waals surface area contributed by atoms with E-state index in [1.54, 1.807) is 13.2 Å². The van der Waals surface area contributed by atoms with Gasteiger partial charge in [-0.3, -0.25) is 4.79 Å². The number of halogens is 3. The lowest BCUT2D eigenvalue weighted by molar-refractivity contribution is -0.136. The molecule has 2 N–H and O–H groups in total. The fourth-order valence-corrected chi connectivity index (χ4v) is 3.42. The number of amides is 1. The van der Waals surface area contributed by atoms with Crippen LogP contribution < -0.4 is 10.6 Å². The van der Waals surface area contributed by atoms with E-state index < -0.39 is 5.41 Å². The zero-order valence-electron chi connectivity index (χ0n) is 15.0. The summed E-state index contributed by atoms with van der Waals surface area (Å²) in [6.07, 6.45) is 1.58. The van der Waals surface area contributed by atoms with E-state index in [0.29, 0.717) is 23.2 Å². The van der Waals surface area contributed by atoms with Crippen molar-refractivity contribution in [2.75, 3.05) is 33.4 Å². The van der Waals surface area contributed by atoms with E-state index >= 15 is 0 Å². The van der Waals surface area contributed by atoms with Gasteiger partial charge in [-0.1, -0.05) is 43.1 Å². The molecule has 4 nitrogen and oxygen atoms in total. The molecule has 0 unspecified atom stereocenters. The number of hydrogen-bond acceptors (Lipinski definition) is 3. The van der Waals surface area contributed by atoms with Crippen molar-refractivity contribution in [3.63, 3.8) is 0 Å². The van der Waals surface area contributed by atoms with Crippen LogP contribution in [0.15, 0.2) is 18.2 Å². The second kappa shape index (κ2) is 9.43. The van der Waals surface area contributed by atoms with Gasteiger partial charge in [-0.15, -0.1) is 12.4 Å². The second-order valence-corrected chi connectivity index (χ2v) is 7.97. The summed E-state index contributed by atoms with van der Waals surface area (Å²) in [5.74, 6) is 0.0685. The Bertz CT molecular complexity index is 582. The van der Waals surface area contributed by atoms with Crippen LogP contribution in [0.25, 0.3) is 0 Å². The quantitative estimate of drug-likeness (QED) is 0.751. The Balaban J connectivity index is 0.00000312. The van der Waals surface area contributed by atoms with Crippen molar-refractivity contribution < 1.29 is 9.53 Å². The molecule has 0 aromatic heterocycles. The van der Waals surface area contributed by atoms with Crippen LogP contribution in [0, 0.1) is 5.41 Å². The highest BCUT2D eigenvalue weighted by Gasteiger charge is 2.40. The van der Waals surface area contributed by atoms with Gasteiger partial charge in [-0.2, -0.15) is 0 Å². The normalized spacial score (nSPS) is 16.8. The van der Waals surface area contributed by atoms with Gasteiger partial charge < -0.3 is 15.4 Å². The van der Waals surface area contributed by atoms with Crippen molar-refractivity contribution >= 4 is 41.5 Å². The molecule has 0 spiro atoms. The van der Waals surface area contributed by atoms with Gasteiger partial charge in [-0.25, -0.2) is 0 Å². The molecule has 0 bridgehead atoms. The molecular formula is C18H27Cl3N2O2. The second-order valence-electron chi connectivity index (χ2n) is 7.16. The van der Waals surface area contributed by atoms with E-state index in [-0.39, 0.29) is 23.7 Å². The van der Waals surface area contributed by atoms with Crippen LogP contribution in [-0.2, 0) is 14.9 Å². The molecule has 7 heteroatoms. The summed E-state index contributed by atoms with van der Waals surface area (Å²) in [6.45, 7) is 6.83. The van der Waals surface area contributed by atoms with Crippen LogP contribution >= 0.6 is 35.6 Å². The Morgan fingerprint density at radius 2 is 1.92 bits per heavy atom. The number of ether oxygens (including phenoxy) is 1. The standard InChI is InChI=1S/C18H26Cl2N2O2.ClH/c1-17(2,13-4-5-14(19)15(20)10-13)11-22-16(23)18(12-24-3)6-8-21-9-7-18;/h4-5,10,21H,6-9,11-12H2,1-3H3,(H,22,23);1H. The SMILES string of the molecule is COCC1(C(=O)NCC(C)(C)c2ccc(Cl)c(Cl)c2)CCNCC1.Cl. The van der Waals surface area contributed by atoms with Crippen molar-refractivity contribution in [1.82, 2.24) is 10.6 Å². The Kier molecular flexibility index (Phi) is 8.49. The van der Waals surface area contributed by atoms with E-state index in [1.165, 1.54) is 0 Å². The predicted molar refractivity (Wildman–Crippen MR) is 106 cm³/mol. The molecule has 0 saturated carbocycles. The van der Waals surface area contributed by atoms with Crippen LogP contribution in [0.1, 0.15) is 32.3 Å². The van der Waals surface area contributed by atoms with Gasteiger partial charge in [-0.05, 0) is 43.6 Å². The molecule has 2 rings (SSSR count). The van der Waals surface area contributed by atoms with Gasteiger partial charge in [0.1, 0.15) is 0 Å². The number of carbonyl (C=O) groups is 1. The minimum absolute atomic E-state index is 0. The minimum Gasteiger partial charge on any atom is -0.384 e. The van der Waals surface area contributed by atoms with Gasteiger partial charge in [0.15, 0.2) is 0 Å². The third kappa shape index (κ3) is 5.48. The van der Waals surface area contributed by atoms with Crippen molar-refractivity contribution in [1.29, 1.82) is 0 Å². The van der Waals surface area contributed by atoms with Crippen molar-refractivity contribution in [2.45, 2.75) is 32.1 Å². The van der Waals surface area contributed by atoms with Crippen LogP contribution in [0.5, 0.6) is 0 Å². The molecule has 1 aromatic carbocycles. The molecule has 0 radical (unpaired) electrons. The largest absolute Gasteiger partial charge is 0.384 e. The molecule has 1 aromatic rings. The monoisotopic (exact) mass is 408 g/mol. The summed E-state index contributed by atoms with van der Waals surface area (Å²) in [6, 6.07) is 5.61. The summed E-state index contributed by atoms with van der Waals surface area (Å²) >= 11 is 12.1. The van der Waals surface area contributed by atoms with Crippen molar-refractivity contribution in [2.24, 2.45) is 5.41 Å². The van der Waals surface area contributed by atoms with Gasteiger partial charge in [0.2, 0.25) is 5.91 Å². The number of nitrogens with one attached hydrogen (secondary N) is 2. The number of hydrogen-bond donors (Lipinski definition) is 2. The third-order valence-corrected chi connectivity index (χ3v) is 5.59. The van der Waals surface area contributed by atoms with E-state index in [2.05, 4.69) is 24.5 Å². The van der Waals surface area contributed by atoms with E-state index in [9.17, 15) is 4.79 Å². The molecule has 0 aliphatic carbocycles. The molecule has 1 aliphatic rings. The number of rotatable bonds is 6. The maximum atomic E-state index is 12.8. The van der Waals surface area contributed by atoms with Gasteiger partial charge in [0.05, 0.1) is 22.1 Å². The van der Waals surface area contributed by atoms with Crippen molar-refractivity contribution in [3.8, 4) is 0 Å². The predicted octanol–water partition coefficient (Wildman–Crippen LogP) is 3.83. The Hall–Kier alpha value is -0.520. The third-order valence-electron chi connectivity index (χ3n) is 4.85. The topological polar surface area (TPSA) is 50.4 Å². The summed E-state index contributed by atoms with van der Waals surface area (Å²) in [5, 5.41) is 7.49. The zero-order chi connectivity index (χ0) is 17.8. The Labute approximate surface area is 166 Å². The number of carbonyl (C=O) groups excluding carboxylic acids is 1. The Morgan fingerprint density at radius 3 is 2.48 bits per heavy atom. The molecule has 1 fully saturated rings. The Morgan fingerprint density at radius 1 is 1.28 bits per heavy atom. The fourth-order valence-electron chi connectivity index (χ4n) is 3.13. The zero-order valence-corrected chi connectivity index (χ0v) is 17.3. The molecule has 1 amide bonds. The van der Waals surface area contributed by atoms with Crippen molar-refractivity contribution in [3.05, 3.63) is 33.8 Å². The average molecular weight is 410 g/mol. The average Bonchev–Trinajstić information content (AvgIpc) is 2.56. The highest BCUT2D eigenvalue weighted by atomic mass is 35.5. The molecule has 1 heterocycles. The lowest BCUT2D eigenvalue weighted by Crippen LogP contribution is -2.52. The molecular weight excluding hydrogens is 383 g/mol. The van der Waals surface area contributed by atoms with Crippen LogP contribution in [0.4, 0.5) is 0 Å². The smallest absolute Gasteiger partial charge is 0.228 e. The number of methoxy groups -OCH3 is 1. The summed E-state index contributed by atoms with van der Waals surface area (Å²) in [7, 11) is 1.65. The van der Waals surface area contributed by atoms with Gasteiger partial charge in [0.25, 0.3) is 0 Å². The van der Waals surface area contributed by atoms with E-state index in [1.807, 2.05) is 12.1 Å². The van der Waals surface area contributed by atoms with Crippen LogP contribution in [0.3, 0.4) is 0 Å². The summed E-state index contributed by atoms with van der Waals surface area (Å²) in [4.78, 5) is 12.8. The first-order valence-corrected chi connectivity index (χ1v) is 9.00. The highest BCUT2D eigenvalue weighted by molar-refractivity contribution is 6.42. The molecule has 25 heavy (non-hydrogen) atoms. The minimum atomic E-state index is -0.437. The first kappa shape index (κ1) is 22.5. The fraction of sp³-hybridized carbons (Fsp3) is 0.611. The molecule has 0 atom stereocenters. The molecule has 1 saturated heterocycles. The first-order chi connectivity index (χ1) is 11.3. The lowest BCUT2D eigenvalue weighted by atomic mass is 9.78. The lowest BCUT2D eigenvalue weighted by Gasteiger charge is -2.37. The van der Waals surface area contributed by atoms with Crippen LogP contribution in [0.2, 0.25) is 10.0 Å². The van der Waals surface area contributed by atoms with Crippen LogP contribution in [-0.4, -0.2) is 39.3 Å². The highest BCUT2D eigenvalue weighted by Crippen LogP contribution is 2.32. The summed E-state index contributed by atoms with van der Waals surface area (Å²) in [5.41, 5.74) is 0.363. The maximum Gasteiger partial charge on any atom is 0.228 e. The number of benzene rings is 1. The van der Waals surface area contributed by atoms with Gasteiger partial charge >= 0.3 is 0 Å². The maximum absolute atomic E-state index is 12.8. The molecule has 142 valence electrons. The van der Waals surface area contributed by atoms with E-state index in [0.717, 1.165) is 31.5 Å². The van der Waals surface area contributed by atoms with E-state index in [4.69, 9.17) is 27.9 Å². The van der Waals surface area contributed by atoms with Gasteiger partial charge in [0, 0.05) is 19.1 Å². The molecule has 1 aliphatic heterocycles.